The fraction of sp³-hybridized carbons (Fsp3) is 0.250. The zero-order chi connectivity index (χ0) is 27.4. The molecule has 0 unspecified atom stereocenters. The van der Waals surface area contributed by atoms with Crippen LogP contribution in [0.3, 0.4) is 0 Å². The van der Waals surface area contributed by atoms with Crippen molar-refractivity contribution in [1.82, 2.24) is 9.47 Å². The molecule has 1 fully saturated rings. The quantitative estimate of drug-likeness (QED) is 0.250. The Balaban J connectivity index is 0.000000168. The van der Waals surface area contributed by atoms with Gasteiger partial charge < -0.3 is 9.47 Å². The van der Waals surface area contributed by atoms with Gasteiger partial charge in [0, 0.05) is 41.8 Å². The van der Waals surface area contributed by atoms with Crippen molar-refractivity contribution in [2.24, 2.45) is 5.41 Å². The minimum absolute atomic E-state index is 0.133. The van der Waals surface area contributed by atoms with Gasteiger partial charge in [0.1, 0.15) is 0 Å². The predicted octanol–water partition coefficient (Wildman–Crippen LogP) is 8.30. The van der Waals surface area contributed by atoms with Gasteiger partial charge in [0.25, 0.3) is 0 Å². The SMILES string of the molecule is C=C1CC(C)(C)CN1/C=C(\c1ccccc1)c1ccc(C)cc1.O=C(c1ccccc1)c1ccc2n1CCC2. The van der Waals surface area contributed by atoms with E-state index in [1.54, 1.807) is 0 Å². The van der Waals surface area contributed by atoms with Crippen molar-refractivity contribution in [2.45, 2.75) is 46.6 Å². The molecule has 2 aliphatic heterocycles. The Bertz CT molecular complexity index is 1470. The Morgan fingerprint density at radius 1 is 0.821 bits per heavy atom. The van der Waals surface area contributed by atoms with Crippen LogP contribution in [-0.2, 0) is 13.0 Å². The monoisotopic (exact) mass is 514 g/mol. The molecule has 0 N–H and O–H groups in total. The summed E-state index contributed by atoms with van der Waals surface area (Å²) < 4.78 is 2.15. The van der Waals surface area contributed by atoms with Gasteiger partial charge in [0.05, 0.1) is 5.69 Å². The third kappa shape index (κ3) is 6.15. The van der Waals surface area contributed by atoms with Crippen molar-refractivity contribution in [3.05, 3.63) is 149 Å². The van der Waals surface area contributed by atoms with E-state index in [-0.39, 0.29) is 5.78 Å². The molecule has 3 heteroatoms. The van der Waals surface area contributed by atoms with Crippen LogP contribution in [0.15, 0.2) is 116 Å². The largest absolute Gasteiger partial charge is 0.351 e. The third-order valence-electron chi connectivity index (χ3n) is 7.57. The summed E-state index contributed by atoms with van der Waals surface area (Å²) in [7, 11) is 0. The zero-order valence-electron chi connectivity index (χ0n) is 23.4. The first-order valence-corrected chi connectivity index (χ1v) is 13.9. The summed E-state index contributed by atoms with van der Waals surface area (Å²) in [6, 6.07) is 32.9. The lowest BCUT2D eigenvalue weighted by molar-refractivity contribution is 0.103. The average Bonchev–Trinajstić information content (AvgIpc) is 3.63. The molecule has 1 aromatic heterocycles. The second-order valence-corrected chi connectivity index (χ2v) is 11.5. The zero-order valence-corrected chi connectivity index (χ0v) is 23.4. The Morgan fingerprint density at radius 2 is 1.44 bits per heavy atom. The molecule has 0 atom stereocenters. The van der Waals surface area contributed by atoms with E-state index in [0.29, 0.717) is 5.41 Å². The molecule has 4 aromatic rings. The highest BCUT2D eigenvalue weighted by atomic mass is 16.1. The van der Waals surface area contributed by atoms with Crippen molar-refractivity contribution in [2.75, 3.05) is 6.54 Å². The lowest BCUT2D eigenvalue weighted by Crippen LogP contribution is -2.18. The summed E-state index contributed by atoms with van der Waals surface area (Å²) in [5.41, 5.74) is 9.43. The maximum absolute atomic E-state index is 12.2. The number of ketones is 1. The van der Waals surface area contributed by atoms with Gasteiger partial charge in [-0.05, 0) is 54.9 Å². The van der Waals surface area contributed by atoms with E-state index < -0.39 is 0 Å². The second-order valence-electron chi connectivity index (χ2n) is 11.5. The highest BCUT2D eigenvalue weighted by Crippen LogP contribution is 2.37. The Kier molecular flexibility index (Phi) is 7.70. The van der Waals surface area contributed by atoms with Gasteiger partial charge in [-0.3, -0.25) is 4.79 Å². The molecule has 2 aliphatic rings. The van der Waals surface area contributed by atoms with Gasteiger partial charge >= 0.3 is 0 Å². The van der Waals surface area contributed by atoms with Crippen LogP contribution < -0.4 is 0 Å². The fourth-order valence-corrected chi connectivity index (χ4v) is 5.59. The second kappa shape index (κ2) is 11.3. The number of hydrogen-bond acceptors (Lipinski definition) is 2. The smallest absolute Gasteiger partial charge is 0.209 e. The van der Waals surface area contributed by atoms with E-state index in [4.69, 9.17) is 0 Å². The van der Waals surface area contributed by atoms with E-state index in [1.165, 1.54) is 33.7 Å². The number of aromatic nitrogens is 1. The van der Waals surface area contributed by atoms with E-state index in [0.717, 1.165) is 43.6 Å². The lowest BCUT2D eigenvalue weighted by Gasteiger charge is -2.20. The molecule has 6 rings (SSSR count). The van der Waals surface area contributed by atoms with Crippen molar-refractivity contribution in [1.29, 1.82) is 0 Å². The van der Waals surface area contributed by atoms with E-state index in [9.17, 15) is 4.79 Å². The molecule has 3 nitrogen and oxygen atoms in total. The Labute approximate surface area is 233 Å². The van der Waals surface area contributed by atoms with Gasteiger partial charge in [-0.15, -0.1) is 0 Å². The minimum atomic E-state index is 0.133. The predicted molar refractivity (Wildman–Crippen MR) is 162 cm³/mol. The maximum atomic E-state index is 12.2. The van der Waals surface area contributed by atoms with E-state index in [2.05, 4.69) is 104 Å². The lowest BCUT2D eigenvalue weighted by atomic mass is 9.92. The first kappa shape index (κ1) is 26.5. The number of benzene rings is 3. The standard InChI is InChI=1S/C22H25N.C14H13NO/c1-17-10-12-20(13-11-17)21(19-8-6-5-7-9-19)15-23-16-22(3,4)14-18(23)2;16-14(11-5-2-1-3-6-11)13-9-8-12-7-4-10-15(12)13/h5-13,15H,2,14,16H2,1,3-4H3;1-3,5-6,8-9H,4,7,10H2/b21-15+;. The Morgan fingerprint density at radius 3 is 2.05 bits per heavy atom. The van der Waals surface area contributed by atoms with Crippen LogP contribution in [0.2, 0.25) is 0 Å². The van der Waals surface area contributed by atoms with Gasteiger partial charge in [0.2, 0.25) is 5.78 Å². The van der Waals surface area contributed by atoms with Crippen LogP contribution in [0.5, 0.6) is 0 Å². The molecule has 198 valence electrons. The molecule has 0 radical (unpaired) electrons. The fourth-order valence-electron chi connectivity index (χ4n) is 5.59. The first-order valence-electron chi connectivity index (χ1n) is 13.9. The average molecular weight is 515 g/mol. The topological polar surface area (TPSA) is 25.2 Å². The highest BCUT2D eigenvalue weighted by molar-refractivity contribution is 6.08. The molecule has 3 heterocycles. The van der Waals surface area contributed by atoms with Gasteiger partial charge in [-0.2, -0.15) is 0 Å². The molecule has 3 aromatic carbocycles. The number of nitrogens with zero attached hydrogens (tertiary/aromatic N) is 2. The number of rotatable bonds is 5. The molecule has 39 heavy (non-hydrogen) atoms. The number of carbonyl (C=O) groups is 1. The van der Waals surface area contributed by atoms with Crippen molar-refractivity contribution in [3.8, 4) is 0 Å². The van der Waals surface area contributed by atoms with Gasteiger partial charge in [-0.25, -0.2) is 0 Å². The van der Waals surface area contributed by atoms with Crippen LogP contribution in [0.4, 0.5) is 0 Å². The third-order valence-corrected chi connectivity index (χ3v) is 7.57. The highest BCUT2D eigenvalue weighted by Gasteiger charge is 2.31. The molecule has 0 amide bonds. The van der Waals surface area contributed by atoms with Crippen LogP contribution in [0.1, 0.15) is 65.1 Å². The number of hydrogen-bond donors (Lipinski definition) is 0. The summed E-state index contributed by atoms with van der Waals surface area (Å²) in [5.74, 6) is 0.133. The van der Waals surface area contributed by atoms with Crippen molar-refractivity contribution in [3.63, 3.8) is 0 Å². The van der Waals surface area contributed by atoms with Crippen LogP contribution in [-0.4, -0.2) is 21.8 Å². The summed E-state index contributed by atoms with van der Waals surface area (Å²) in [5, 5.41) is 0. The summed E-state index contributed by atoms with van der Waals surface area (Å²) in [6.07, 6.45) is 5.59. The number of carbonyl (C=O) groups excluding carboxylic acids is 1. The molecule has 0 saturated carbocycles. The normalized spacial score (nSPS) is 16.0. The van der Waals surface area contributed by atoms with Gasteiger partial charge in [0.15, 0.2) is 0 Å². The number of fused-ring (bicyclic) bond motifs is 1. The number of likely N-dealkylation sites (tertiary alicyclic amines) is 1. The molecule has 0 bridgehead atoms. The summed E-state index contributed by atoms with van der Waals surface area (Å²) in [4.78, 5) is 14.6. The van der Waals surface area contributed by atoms with E-state index in [1.807, 2.05) is 36.4 Å². The molecular weight excluding hydrogens is 476 g/mol. The van der Waals surface area contributed by atoms with Gasteiger partial charge in [-0.1, -0.05) is 111 Å². The first-order chi connectivity index (χ1) is 18.8. The van der Waals surface area contributed by atoms with Crippen molar-refractivity contribution < 1.29 is 4.79 Å². The molecule has 0 aliphatic carbocycles. The molecule has 0 spiro atoms. The van der Waals surface area contributed by atoms with Crippen LogP contribution in [0, 0.1) is 12.3 Å². The summed E-state index contributed by atoms with van der Waals surface area (Å²) >= 11 is 0. The molecule has 1 saturated heterocycles. The molecular formula is C36H38N2O. The minimum Gasteiger partial charge on any atom is -0.351 e. The van der Waals surface area contributed by atoms with Crippen LogP contribution >= 0.6 is 0 Å². The number of aryl methyl sites for hydroxylation is 2. The maximum Gasteiger partial charge on any atom is 0.209 e. The number of allylic oxidation sites excluding steroid dienone is 1. The van der Waals surface area contributed by atoms with Crippen LogP contribution in [0.25, 0.3) is 5.57 Å². The Hall–Kier alpha value is -4.11. The van der Waals surface area contributed by atoms with E-state index >= 15 is 0 Å². The van der Waals surface area contributed by atoms with Crippen molar-refractivity contribution >= 4 is 11.4 Å². The summed E-state index contributed by atoms with van der Waals surface area (Å²) in [6.45, 7) is 13.0.